The number of carbonyl (C=O) groups is 1. The Labute approximate surface area is 120 Å². The fourth-order valence-corrected chi connectivity index (χ4v) is 2.49. The van der Waals surface area contributed by atoms with Gasteiger partial charge in [-0.15, -0.1) is 11.3 Å². The highest BCUT2D eigenvalue weighted by molar-refractivity contribution is 7.11. The molecule has 0 bridgehead atoms. The number of nitrogens with two attached hydrogens (primary N) is 1. The van der Waals surface area contributed by atoms with Crippen LogP contribution in [0.4, 0.5) is 5.69 Å². The molecule has 0 aliphatic rings. The topological polar surface area (TPSA) is 95.0 Å². The zero-order valence-corrected chi connectivity index (χ0v) is 11.6. The maximum Gasteiger partial charge on any atom is 0.294 e. The molecule has 1 amide bonds. The monoisotopic (exact) mass is 287 g/mol. The number of anilines is 1. The van der Waals surface area contributed by atoms with Gasteiger partial charge in [0, 0.05) is 12.4 Å². The van der Waals surface area contributed by atoms with E-state index in [-0.39, 0.29) is 0 Å². The van der Waals surface area contributed by atoms with Gasteiger partial charge in [-0.05, 0) is 12.1 Å². The number of rotatable bonds is 4. The summed E-state index contributed by atoms with van der Waals surface area (Å²) in [6.45, 7) is 0.507. The number of nitrogens with one attached hydrogen (secondary N) is 1. The van der Waals surface area contributed by atoms with E-state index in [2.05, 4.69) is 16.5 Å². The van der Waals surface area contributed by atoms with Gasteiger partial charge in [0.1, 0.15) is 6.07 Å². The van der Waals surface area contributed by atoms with Gasteiger partial charge in [0.05, 0.1) is 23.5 Å². The molecule has 102 valence electrons. The summed E-state index contributed by atoms with van der Waals surface area (Å²) in [6.07, 6.45) is 0. The Bertz CT molecular complexity index is 661. The van der Waals surface area contributed by atoms with Gasteiger partial charge in [0.15, 0.2) is 5.01 Å². The fraction of sp³-hybridized carbons (Fsp3) is 0.154. The van der Waals surface area contributed by atoms with E-state index in [9.17, 15) is 4.79 Å². The number of benzene rings is 1. The van der Waals surface area contributed by atoms with Crippen LogP contribution in [0, 0.1) is 11.3 Å². The third kappa shape index (κ3) is 2.93. The number of hydrogen-bond donors (Lipinski definition) is 2. The number of hydrogen-bond acceptors (Lipinski definition) is 6. The molecular formula is C13H13N5OS. The number of amides is 1. The summed E-state index contributed by atoms with van der Waals surface area (Å²) in [5.74, 6) is 4.66. The third-order valence-corrected chi connectivity index (χ3v) is 3.60. The number of thiazole rings is 1. The minimum Gasteiger partial charge on any atom is -0.368 e. The molecule has 1 aromatic carbocycles. The predicted octanol–water partition coefficient (Wildman–Crippen LogP) is 1.25. The molecule has 0 spiro atoms. The first kappa shape index (κ1) is 14.0. The van der Waals surface area contributed by atoms with Crippen molar-refractivity contribution < 1.29 is 4.79 Å². The number of nitrogens with zero attached hydrogens (tertiary/aromatic N) is 3. The van der Waals surface area contributed by atoms with Crippen LogP contribution in [0.3, 0.4) is 0 Å². The zero-order valence-electron chi connectivity index (χ0n) is 10.8. The molecule has 2 aromatic rings. The number of para-hydroxylation sites is 1. The number of nitrogen functional groups attached to an aromatic ring is 1. The van der Waals surface area contributed by atoms with E-state index in [4.69, 9.17) is 11.1 Å². The molecule has 0 aliphatic carbocycles. The lowest BCUT2D eigenvalue weighted by Crippen LogP contribution is -2.30. The second-order valence-corrected chi connectivity index (χ2v) is 4.96. The van der Waals surface area contributed by atoms with E-state index in [1.54, 1.807) is 11.4 Å². The first-order valence-corrected chi connectivity index (χ1v) is 6.69. The second-order valence-electron chi connectivity index (χ2n) is 4.10. The van der Waals surface area contributed by atoms with Crippen molar-refractivity contribution in [1.82, 2.24) is 10.4 Å². The molecule has 2 rings (SSSR count). The molecule has 0 aliphatic heterocycles. The molecule has 0 saturated heterocycles. The largest absolute Gasteiger partial charge is 0.368 e. The summed E-state index contributed by atoms with van der Waals surface area (Å²) < 4.78 is 0. The lowest BCUT2D eigenvalue weighted by Gasteiger charge is -2.19. The Hall–Kier alpha value is -2.43. The van der Waals surface area contributed by atoms with Crippen LogP contribution in [-0.4, -0.2) is 17.9 Å². The van der Waals surface area contributed by atoms with Crippen LogP contribution in [0.2, 0.25) is 0 Å². The first-order valence-electron chi connectivity index (χ1n) is 5.81. The van der Waals surface area contributed by atoms with Crippen molar-refractivity contribution in [2.45, 2.75) is 6.54 Å². The van der Waals surface area contributed by atoms with E-state index < -0.39 is 5.91 Å². The summed E-state index contributed by atoms with van der Waals surface area (Å²) in [4.78, 5) is 17.5. The van der Waals surface area contributed by atoms with Gasteiger partial charge in [-0.25, -0.2) is 10.8 Å². The second kappa shape index (κ2) is 6.14. The summed E-state index contributed by atoms with van der Waals surface area (Å²) in [5, 5.41) is 11.2. The maximum atomic E-state index is 11.3. The molecule has 1 aromatic heterocycles. The molecule has 0 unspecified atom stereocenters. The summed E-state index contributed by atoms with van der Waals surface area (Å²) in [7, 11) is 1.87. The van der Waals surface area contributed by atoms with Crippen LogP contribution in [0.5, 0.6) is 0 Å². The van der Waals surface area contributed by atoms with Crippen LogP contribution >= 0.6 is 11.3 Å². The molecular weight excluding hydrogens is 274 g/mol. The maximum absolute atomic E-state index is 11.3. The quantitative estimate of drug-likeness (QED) is 0.501. The lowest BCUT2D eigenvalue weighted by atomic mass is 10.2. The van der Waals surface area contributed by atoms with Gasteiger partial charge in [0.2, 0.25) is 0 Å². The van der Waals surface area contributed by atoms with Crippen molar-refractivity contribution in [2.24, 2.45) is 5.84 Å². The summed E-state index contributed by atoms with van der Waals surface area (Å²) in [6, 6.07) is 9.49. The van der Waals surface area contributed by atoms with Crippen LogP contribution < -0.4 is 16.2 Å². The number of carbonyl (C=O) groups excluding carboxylic acids is 1. The molecule has 0 saturated carbocycles. The van der Waals surface area contributed by atoms with Crippen molar-refractivity contribution >= 4 is 22.9 Å². The van der Waals surface area contributed by atoms with Gasteiger partial charge in [-0.1, -0.05) is 12.1 Å². The molecule has 1 heterocycles. The van der Waals surface area contributed by atoms with Crippen molar-refractivity contribution in [3.8, 4) is 6.07 Å². The lowest BCUT2D eigenvalue weighted by molar-refractivity contribution is 0.0953. The standard InChI is InChI=1S/C13H13N5OS/c1-18(11-5-3-2-4-9(11)6-14)7-10-8-20-13(16-10)12(19)17-15/h2-5,8H,7,15H2,1H3,(H,17,19). The van der Waals surface area contributed by atoms with Gasteiger partial charge in [-0.3, -0.25) is 10.2 Å². The van der Waals surface area contributed by atoms with Gasteiger partial charge < -0.3 is 4.90 Å². The Kier molecular flexibility index (Phi) is 4.30. The van der Waals surface area contributed by atoms with Crippen molar-refractivity contribution in [1.29, 1.82) is 5.26 Å². The summed E-state index contributed by atoms with van der Waals surface area (Å²) in [5.41, 5.74) is 4.23. The highest BCUT2D eigenvalue weighted by atomic mass is 32.1. The van der Waals surface area contributed by atoms with E-state index in [1.807, 2.05) is 30.1 Å². The highest BCUT2D eigenvalue weighted by Crippen LogP contribution is 2.20. The van der Waals surface area contributed by atoms with Crippen molar-refractivity contribution in [3.05, 3.63) is 45.9 Å². The first-order chi connectivity index (χ1) is 9.65. The smallest absolute Gasteiger partial charge is 0.294 e. The van der Waals surface area contributed by atoms with Crippen LogP contribution in [0.1, 0.15) is 21.1 Å². The molecule has 20 heavy (non-hydrogen) atoms. The summed E-state index contributed by atoms with van der Waals surface area (Å²) >= 11 is 1.23. The van der Waals surface area contributed by atoms with Crippen molar-refractivity contribution in [2.75, 3.05) is 11.9 Å². The molecule has 0 atom stereocenters. The van der Waals surface area contributed by atoms with Gasteiger partial charge >= 0.3 is 0 Å². The minimum atomic E-state index is -0.402. The minimum absolute atomic E-state index is 0.324. The number of aromatic nitrogens is 1. The predicted molar refractivity (Wildman–Crippen MR) is 77.0 cm³/mol. The molecule has 0 radical (unpaired) electrons. The SMILES string of the molecule is CN(Cc1csc(C(=O)NN)n1)c1ccccc1C#N. The van der Waals surface area contributed by atoms with Crippen LogP contribution in [0.15, 0.2) is 29.6 Å². The molecule has 6 nitrogen and oxygen atoms in total. The number of nitriles is 1. The van der Waals surface area contributed by atoms with E-state index in [1.165, 1.54) is 11.3 Å². The third-order valence-electron chi connectivity index (χ3n) is 2.71. The molecule has 0 fully saturated rings. The van der Waals surface area contributed by atoms with Crippen LogP contribution in [0.25, 0.3) is 0 Å². The Morgan fingerprint density at radius 2 is 2.30 bits per heavy atom. The molecule has 3 N–H and O–H groups in total. The fourth-order valence-electron chi connectivity index (χ4n) is 1.77. The van der Waals surface area contributed by atoms with Crippen molar-refractivity contribution in [3.63, 3.8) is 0 Å². The van der Waals surface area contributed by atoms with E-state index >= 15 is 0 Å². The number of hydrazine groups is 1. The molecule has 7 heteroatoms. The zero-order chi connectivity index (χ0) is 14.5. The average Bonchev–Trinajstić information content (AvgIpc) is 2.94. The Morgan fingerprint density at radius 1 is 1.55 bits per heavy atom. The Morgan fingerprint density at radius 3 is 3.00 bits per heavy atom. The van der Waals surface area contributed by atoms with E-state index in [0.717, 1.165) is 11.4 Å². The Balaban J connectivity index is 2.16. The average molecular weight is 287 g/mol. The van der Waals surface area contributed by atoms with Gasteiger partial charge in [0.25, 0.3) is 5.91 Å². The normalized spacial score (nSPS) is 9.85. The van der Waals surface area contributed by atoms with E-state index in [0.29, 0.717) is 17.1 Å². The highest BCUT2D eigenvalue weighted by Gasteiger charge is 2.12. The van der Waals surface area contributed by atoms with Crippen LogP contribution in [-0.2, 0) is 6.54 Å². The van der Waals surface area contributed by atoms with Gasteiger partial charge in [-0.2, -0.15) is 5.26 Å².